The summed E-state index contributed by atoms with van der Waals surface area (Å²) in [5.41, 5.74) is 1.29. The molecular formula is C17H26N2O2. The number of rotatable bonds is 8. The van der Waals surface area contributed by atoms with Crippen LogP contribution in [0, 0.1) is 0 Å². The topological polar surface area (TPSA) is 41.6 Å². The first kappa shape index (κ1) is 16.0. The van der Waals surface area contributed by atoms with Gasteiger partial charge in [-0.25, -0.2) is 0 Å². The summed E-state index contributed by atoms with van der Waals surface area (Å²) < 4.78 is 5.50. The van der Waals surface area contributed by atoms with Crippen molar-refractivity contribution in [3.05, 3.63) is 35.9 Å². The van der Waals surface area contributed by atoms with Crippen LogP contribution in [0.25, 0.3) is 0 Å². The van der Waals surface area contributed by atoms with Crippen LogP contribution in [0.1, 0.15) is 31.7 Å². The van der Waals surface area contributed by atoms with Crippen LogP contribution in [-0.2, 0) is 16.1 Å². The van der Waals surface area contributed by atoms with Crippen molar-refractivity contribution in [1.29, 1.82) is 0 Å². The molecular weight excluding hydrogens is 264 g/mol. The first-order valence-corrected chi connectivity index (χ1v) is 7.92. The average molecular weight is 290 g/mol. The third-order valence-corrected chi connectivity index (χ3v) is 3.90. The molecule has 1 aliphatic heterocycles. The molecule has 0 spiro atoms. The van der Waals surface area contributed by atoms with Gasteiger partial charge >= 0.3 is 0 Å². The lowest BCUT2D eigenvalue weighted by Crippen LogP contribution is -2.34. The number of amides is 1. The molecule has 116 valence electrons. The molecule has 1 unspecified atom stereocenters. The summed E-state index contributed by atoms with van der Waals surface area (Å²) in [5.74, 6) is 0.122. The van der Waals surface area contributed by atoms with Gasteiger partial charge < -0.3 is 10.1 Å². The summed E-state index contributed by atoms with van der Waals surface area (Å²) in [6, 6.07) is 10.4. The molecule has 1 fully saturated rings. The second-order valence-electron chi connectivity index (χ2n) is 5.54. The van der Waals surface area contributed by atoms with Crippen LogP contribution < -0.4 is 5.32 Å². The van der Waals surface area contributed by atoms with E-state index in [2.05, 4.69) is 41.4 Å². The summed E-state index contributed by atoms with van der Waals surface area (Å²) in [4.78, 5) is 14.2. The number of nitrogens with one attached hydrogen (secondary N) is 1. The van der Waals surface area contributed by atoms with Crippen molar-refractivity contribution in [3.63, 3.8) is 0 Å². The summed E-state index contributed by atoms with van der Waals surface area (Å²) in [7, 11) is 0. The largest absolute Gasteiger partial charge is 0.376 e. The normalized spacial score (nSPS) is 18.1. The molecule has 0 saturated carbocycles. The van der Waals surface area contributed by atoms with Crippen molar-refractivity contribution in [2.24, 2.45) is 0 Å². The molecule has 1 aliphatic rings. The summed E-state index contributed by atoms with van der Waals surface area (Å²) in [6.45, 7) is 6.27. The van der Waals surface area contributed by atoms with Crippen LogP contribution in [0.3, 0.4) is 0 Å². The first-order chi connectivity index (χ1) is 10.3. The maximum Gasteiger partial charge on any atom is 0.221 e. The minimum atomic E-state index is 0.122. The van der Waals surface area contributed by atoms with Gasteiger partial charge in [-0.15, -0.1) is 0 Å². The van der Waals surface area contributed by atoms with Crippen molar-refractivity contribution >= 4 is 5.91 Å². The molecule has 1 amide bonds. The molecule has 0 aromatic heterocycles. The maximum absolute atomic E-state index is 11.9. The molecule has 0 radical (unpaired) electrons. The molecule has 1 aromatic rings. The Hall–Kier alpha value is -1.39. The zero-order valence-corrected chi connectivity index (χ0v) is 12.9. The zero-order chi connectivity index (χ0) is 14.9. The van der Waals surface area contributed by atoms with Gasteiger partial charge in [-0.2, -0.15) is 0 Å². The van der Waals surface area contributed by atoms with E-state index in [1.807, 2.05) is 6.07 Å². The third-order valence-electron chi connectivity index (χ3n) is 3.90. The van der Waals surface area contributed by atoms with E-state index in [4.69, 9.17) is 4.74 Å². The molecule has 0 bridgehead atoms. The standard InChI is InChI=1S/C17H26N2O2/c1-2-19(14-15-7-4-3-5-8-15)11-10-17(20)18-13-16-9-6-12-21-16/h3-5,7-8,16H,2,6,9-14H2,1H3,(H,18,20). The number of carbonyl (C=O) groups excluding carboxylic acids is 1. The molecule has 1 atom stereocenters. The van der Waals surface area contributed by atoms with Crippen LogP contribution in [-0.4, -0.2) is 43.2 Å². The minimum absolute atomic E-state index is 0.122. The van der Waals surface area contributed by atoms with Gasteiger partial charge in [-0.05, 0) is 24.9 Å². The number of benzene rings is 1. The predicted molar refractivity (Wildman–Crippen MR) is 84.0 cm³/mol. The number of carbonyl (C=O) groups is 1. The minimum Gasteiger partial charge on any atom is -0.376 e. The van der Waals surface area contributed by atoms with Crippen molar-refractivity contribution in [2.45, 2.75) is 38.8 Å². The summed E-state index contributed by atoms with van der Waals surface area (Å²) in [5, 5.41) is 2.98. The zero-order valence-electron chi connectivity index (χ0n) is 12.9. The second kappa shape index (κ2) is 8.80. The van der Waals surface area contributed by atoms with Gasteiger partial charge in [-0.1, -0.05) is 37.3 Å². The van der Waals surface area contributed by atoms with Crippen molar-refractivity contribution in [2.75, 3.05) is 26.2 Å². The molecule has 2 rings (SSSR count). The molecule has 4 heteroatoms. The Morgan fingerprint density at radius 1 is 1.38 bits per heavy atom. The molecule has 21 heavy (non-hydrogen) atoms. The van der Waals surface area contributed by atoms with Crippen molar-refractivity contribution < 1.29 is 9.53 Å². The Morgan fingerprint density at radius 2 is 2.19 bits per heavy atom. The van der Waals surface area contributed by atoms with Crippen LogP contribution >= 0.6 is 0 Å². The number of nitrogens with zero attached hydrogens (tertiary/aromatic N) is 1. The lowest BCUT2D eigenvalue weighted by Gasteiger charge is -2.20. The Bertz CT molecular complexity index is 416. The highest BCUT2D eigenvalue weighted by Crippen LogP contribution is 2.10. The van der Waals surface area contributed by atoms with Gasteiger partial charge in [0.15, 0.2) is 0 Å². The van der Waals surface area contributed by atoms with E-state index in [-0.39, 0.29) is 12.0 Å². The van der Waals surface area contributed by atoms with E-state index >= 15 is 0 Å². The maximum atomic E-state index is 11.9. The Morgan fingerprint density at radius 3 is 2.86 bits per heavy atom. The van der Waals surface area contributed by atoms with Gasteiger partial charge in [0.2, 0.25) is 5.91 Å². The van der Waals surface area contributed by atoms with E-state index in [1.165, 1.54) is 5.56 Å². The highest BCUT2D eigenvalue weighted by Gasteiger charge is 2.16. The van der Waals surface area contributed by atoms with Gasteiger partial charge in [0, 0.05) is 32.7 Å². The van der Waals surface area contributed by atoms with Gasteiger partial charge in [0.1, 0.15) is 0 Å². The van der Waals surface area contributed by atoms with Gasteiger partial charge in [0.05, 0.1) is 6.10 Å². The fourth-order valence-electron chi connectivity index (χ4n) is 2.57. The fourth-order valence-corrected chi connectivity index (χ4v) is 2.57. The lowest BCUT2D eigenvalue weighted by molar-refractivity contribution is -0.121. The van der Waals surface area contributed by atoms with Gasteiger partial charge in [0.25, 0.3) is 0 Å². The monoisotopic (exact) mass is 290 g/mol. The summed E-state index contributed by atoms with van der Waals surface area (Å²) in [6.07, 6.45) is 2.95. The Kier molecular flexibility index (Phi) is 6.70. The predicted octanol–water partition coefficient (Wildman–Crippen LogP) is 2.19. The second-order valence-corrected chi connectivity index (χ2v) is 5.54. The number of ether oxygens (including phenoxy) is 1. The summed E-state index contributed by atoms with van der Waals surface area (Å²) >= 11 is 0. The van der Waals surface area contributed by atoms with Gasteiger partial charge in [-0.3, -0.25) is 9.69 Å². The van der Waals surface area contributed by atoms with E-state index < -0.39 is 0 Å². The molecule has 1 heterocycles. The van der Waals surface area contributed by atoms with E-state index in [0.29, 0.717) is 13.0 Å². The highest BCUT2D eigenvalue weighted by atomic mass is 16.5. The molecule has 1 saturated heterocycles. The molecule has 1 N–H and O–H groups in total. The van der Waals surface area contributed by atoms with Crippen molar-refractivity contribution in [1.82, 2.24) is 10.2 Å². The van der Waals surface area contributed by atoms with E-state index in [9.17, 15) is 4.79 Å². The molecule has 1 aromatic carbocycles. The first-order valence-electron chi connectivity index (χ1n) is 7.92. The number of hydrogen-bond acceptors (Lipinski definition) is 3. The highest BCUT2D eigenvalue weighted by molar-refractivity contribution is 5.76. The quantitative estimate of drug-likeness (QED) is 0.798. The van der Waals surface area contributed by atoms with Crippen molar-refractivity contribution in [3.8, 4) is 0 Å². The number of hydrogen-bond donors (Lipinski definition) is 1. The van der Waals surface area contributed by atoms with E-state index in [0.717, 1.165) is 39.1 Å². The smallest absolute Gasteiger partial charge is 0.221 e. The van der Waals surface area contributed by atoms with Crippen LogP contribution in [0.5, 0.6) is 0 Å². The Balaban J connectivity index is 1.66. The SMILES string of the molecule is CCN(CCC(=O)NCC1CCCO1)Cc1ccccc1. The van der Waals surface area contributed by atoms with Crippen LogP contribution in [0.2, 0.25) is 0 Å². The third kappa shape index (κ3) is 5.86. The van der Waals surface area contributed by atoms with E-state index in [1.54, 1.807) is 0 Å². The molecule has 4 nitrogen and oxygen atoms in total. The average Bonchev–Trinajstić information content (AvgIpc) is 3.03. The molecule has 0 aliphatic carbocycles. The van der Waals surface area contributed by atoms with Crippen LogP contribution in [0.15, 0.2) is 30.3 Å². The lowest BCUT2D eigenvalue weighted by atomic mass is 10.2. The Labute approximate surface area is 127 Å². The fraction of sp³-hybridized carbons (Fsp3) is 0.588. The van der Waals surface area contributed by atoms with Crippen LogP contribution in [0.4, 0.5) is 0 Å².